The number of hydrogen-bond acceptors (Lipinski definition) is 3. The van der Waals surface area contributed by atoms with Crippen molar-refractivity contribution >= 4 is 17.2 Å². The van der Waals surface area contributed by atoms with Gasteiger partial charge in [-0.05, 0) is 50.9 Å². The molecule has 0 radical (unpaired) electrons. The van der Waals surface area contributed by atoms with Crippen LogP contribution in [0.25, 0.3) is 0 Å². The van der Waals surface area contributed by atoms with Crippen LogP contribution in [-0.4, -0.2) is 21.8 Å². The van der Waals surface area contributed by atoms with Crippen LogP contribution < -0.4 is 0 Å². The van der Waals surface area contributed by atoms with Gasteiger partial charge in [-0.25, -0.2) is 4.98 Å². The Morgan fingerprint density at radius 3 is 1.74 bits per heavy atom. The summed E-state index contributed by atoms with van der Waals surface area (Å²) in [5.74, 6) is 2.40. The molecule has 220 valence electrons. The number of rotatable bonds is 4. The molecule has 39 heavy (non-hydrogen) atoms. The largest absolute Gasteiger partial charge is 0.312 e. The lowest BCUT2D eigenvalue weighted by Gasteiger charge is -2.29. The molecule has 0 saturated heterocycles. The quantitative estimate of drug-likeness (QED) is 0.371. The number of amides is 1. The standard InChI is InChI=1S/C35H58N2OS/c1-3-37(32-25-21-17-13-9-8-12-16-20-24-30-26-31(30)27-32)35(38)33-28(2)36-34(39-33)29-22-18-14-10-6-4-5-7-11-15-19-23-29/h3,29-32H,1,4-27H2,2H3. The number of hydrogen-bond donors (Lipinski definition) is 0. The Labute approximate surface area is 244 Å². The zero-order chi connectivity index (χ0) is 27.3. The second-order valence-electron chi connectivity index (χ2n) is 13.2. The van der Waals surface area contributed by atoms with Crippen molar-refractivity contribution in [3.05, 3.63) is 28.4 Å². The highest BCUT2D eigenvalue weighted by molar-refractivity contribution is 7.13. The molecule has 4 rings (SSSR count). The van der Waals surface area contributed by atoms with Crippen LogP contribution in [0, 0.1) is 18.8 Å². The third kappa shape index (κ3) is 10.0. The molecule has 3 unspecified atom stereocenters. The number of aryl methyl sites for hydroxylation is 1. The molecular formula is C35H58N2OS. The van der Waals surface area contributed by atoms with Gasteiger partial charge in [0.15, 0.2) is 0 Å². The van der Waals surface area contributed by atoms with Gasteiger partial charge < -0.3 is 4.90 Å². The minimum atomic E-state index is 0.166. The summed E-state index contributed by atoms with van der Waals surface area (Å²) in [6.07, 6.45) is 34.0. The monoisotopic (exact) mass is 554 g/mol. The Morgan fingerprint density at radius 2 is 1.21 bits per heavy atom. The first-order chi connectivity index (χ1) is 19.2. The first-order valence-corrected chi connectivity index (χ1v) is 17.9. The second-order valence-corrected chi connectivity index (χ2v) is 14.3. The van der Waals surface area contributed by atoms with E-state index in [4.69, 9.17) is 4.98 Å². The van der Waals surface area contributed by atoms with Gasteiger partial charge in [-0.3, -0.25) is 4.79 Å². The molecule has 1 amide bonds. The molecule has 0 aliphatic heterocycles. The number of nitrogens with zero attached hydrogens (tertiary/aromatic N) is 2. The Hall–Kier alpha value is -1.16. The van der Waals surface area contributed by atoms with Crippen LogP contribution in [0.5, 0.6) is 0 Å². The SMILES string of the molecule is C=CN(C(=O)c1sc(C2CCCCCCCCCCCC2)nc1C)C1CCCCCCCCCCC2CC2C1. The maximum absolute atomic E-state index is 14.1. The first-order valence-electron chi connectivity index (χ1n) is 17.1. The summed E-state index contributed by atoms with van der Waals surface area (Å²) in [7, 11) is 0. The third-order valence-electron chi connectivity index (χ3n) is 10.0. The Kier molecular flexibility index (Phi) is 13.4. The van der Waals surface area contributed by atoms with Crippen molar-refractivity contribution in [2.45, 2.75) is 173 Å². The minimum Gasteiger partial charge on any atom is -0.312 e. The van der Waals surface area contributed by atoms with E-state index < -0.39 is 0 Å². The van der Waals surface area contributed by atoms with E-state index in [1.165, 1.54) is 146 Å². The lowest BCUT2D eigenvalue weighted by Crippen LogP contribution is -2.36. The zero-order valence-corrected chi connectivity index (χ0v) is 26.1. The molecule has 3 aliphatic carbocycles. The van der Waals surface area contributed by atoms with E-state index in [9.17, 15) is 4.79 Å². The summed E-state index contributed by atoms with van der Waals surface area (Å²) in [6, 6.07) is 0.295. The summed E-state index contributed by atoms with van der Waals surface area (Å²) < 4.78 is 0. The van der Waals surface area contributed by atoms with Crippen molar-refractivity contribution in [3.8, 4) is 0 Å². The fourth-order valence-electron chi connectivity index (χ4n) is 7.41. The fraction of sp³-hybridized carbons (Fsp3) is 0.829. The highest BCUT2D eigenvalue weighted by Gasteiger charge is 2.39. The molecule has 0 N–H and O–H groups in total. The molecule has 1 aromatic rings. The Morgan fingerprint density at radius 1 is 0.718 bits per heavy atom. The smallest absolute Gasteiger partial charge is 0.270 e. The van der Waals surface area contributed by atoms with E-state index >= 15 is 0 Å². The van der Waals surface area contributed by atoms with Crippen LogP contribution in [0.2, 0.25) is 0 Å². The number of aromatic nitrogens is 1. The summed E-state index contributed by atoms with van der Waals surface area (Å²) in [5.41, 5.74) is 0.944. The molecule has 3 nitrogen and oxygen atoms in total. The summed E-state index contributed by atoms with van der Waals surface area (Å²) in [6.45, 7) is 6.23. The van der Waals surface area contributed by atoms with Crippen LogP contribution in [0.3, 0.4) is 0 Å². The zero-order valence-electron chi connectivity index (χ0n) is 25.3. The normalized spacial score (nSPS) is 27.6. The lowest BCUT2D eigenvalue weighted by atomic mass is 9.95. The molecule has 3 saturated carbocycles. The molecule has 1 heterocycles. The van der Waals surface area contributed by atoms with E-state index in [1.54, 1.807) is 11.3 Å². The number of fused-ring (bicyclic) bond motifs is 1. The van der Waals surface area contributed by atoms with Crippen molar-refractivity contribution in [1.29, 1.82) is 0 Å². The van der Waals surface area contributed by atoms with Crippen LogP contribution >= 0.6 is 11.3 Å². The van der Waals surface area contributed by atoms with Gasteiger partial charge in [-0.15, -0.1) is 11.3 Å². The van der Waals surface area contributed by atoms with Gasteiger partial charge in [0, 0.05) is 18.2 Å². The predicted molar refractivity (Wildman–Crippen MR) is 168 cm³/mol. The molecule has 3 aliphatic rings. The molecule has 4 heteroatoms. The number of carbonyl (C=O) groups is 1. The molecule has 0 spiro atoms. The van der Waals surface area contributed by atoms with E-state index in [-0.39, 0.29) is 5.91 Å². The van der Waals surface area contributed by atoms with Gasteiger partial charge in [-0.1, -0.05) is 129 Å². The van der Waals surface area contributed by atoms with Gasteiger partial charge in [0.05, 0.1) is 10.7 Å². The first kappa shape index (κ1) is 30.8. The van der Waals surface area contributed by atoms with E-state index in [0.29, 0.717) is 12.0 Å². The second kappa shape index (κ2) is 16.9. The Balaban J connectivity index is 1.43. The van der Waals surface area contributed by atoms with Crippen LogP contribution in [0.1, 0.15) is 180 Å². The highest BCUT2D eigenvalue weighted by atomic mass is 32.1. The highest BCUT2D eigenvalue weighted by Crippen LogP contribution is 2.47. The lowest BCUT2D eigenvalue weighted by molar-refractivity contribution is 0.0751. The minimum absolute atomic E-state index is 0.166. The molecular weight excluding hydrogens is 496 g/mol. The van der Waals surface area contributed by atoms with Crippen molar-refractivity contribution in [1.82, 2.24) is 9.88 Å². The topological polar surface area (TPSA) is 33.2 Å². The van der Waals surface area contributed by atoms with E-state index in [2.05, 4.69) is 13.5 Å². The molecule has 3 atom stereocenters. The van der Waals surface area contributed by atoms with Gasteiger partial charge in [0.25, 0.3) is 5.91 Å². The summed E-state index contributed by atoms with van der Waals surface area (Å²) in [5, 5.41) is 1.22. The van der Waals surface area contributed by atoms with Crippen molar-refractivity contribution in [2.75, 3.05) is 0 Å². The van der Waals surface area contributed by atoms with Gasteiger partial charge in [-0.2, -0.15) is 0 Å². The van der Waals surface area contributed by atoms with E-state index in [0.717, 1.165) is 35.2 Å². The van der Waals surface area contributed by atoms with Gasteiger partial charge in [0.1, 0.15) is 4.88 Å². The van der Waals surface area contributed by atoms with Gasteiger partial charge in [0.2, 0.25) is 0 Å². The van der Waals surface area contributed by atoms with Crippen molar-refractivity contribution < 1.29 is 4.79 Å². The molecule has 0 bridgehead atoms. The molecule has 3 fully saturated rings. The number of thiazole rings is 1. The third-order valence-corrected chi connectivity index (χ3v) is 11.4. The van der Waals surface area contributed by atoms with Crippen LogP contribution in [0.4, 0.5) is 0 Å². The van der Waals surface area contributed by atoms with E-state index in [1.807, 2.05) is 11.1 Å². The average Bonchev–Trinajstić information content (AvgIpc) is 3.55. The van der Waals surface area contributed by atoms with Crippen LogP contribution in [0.15, 0.2) is 12.8 Å². The maximum atomic E-state index is 14.1. The fourth-order valence-corrected chi connectivity index (χ4v) is 8.59. The molecule has 1 aromatic heterocycles. The summed E-state index contributed by atoms with van der Waals surface area (Å²) in [4.78, 5) is 22.0. The number of carbonyl (C=O) groups excluding carboxylic acids is 1. The Bertz CT molecular complexity index is 849. The maximum Gasteiger partial charge on any atom is 0.270 e. The molecule has 0 aromatic carbocycles. The van der Waals surface area contributed by atoms with Gasteiger partial charge >= 0.3 is 0 Å². The summed E-state index contributed by atoms with van der Waals surface area (Å²) >= 11 is 1.71. The van der Waals surface area contributed by atoms with Crippen molar-refractivity contribution in [2.24, 2.45) is 11.8 Å². The average molecular weight is 555 g/mol. The van der Waals surface area contributed by atoms with Crippen molar-refractivity contribution in [3.63, 3.8) is 0 Å². The van der Waals surface area contributed by atoms with Crippen LogP contribution in [-0.2, 0) is 0 Å². The predicted octanol–water partition coefficient (Wildman–Crippen LogP) is 11.1.